The number of hydrogen-bond donors (Lipinski definition) is 1. The van der Waals surface area contributed by atoms with E-state index in [2.05, 4.69) is 0 Å². The third-order valence-electron chi connectivity index (χ3n) is 4.71. The minimum atomic E-state index is -3.71. The second-order valence-electron chi connectivity index (χ2n) is 6.06. The van der Waals surface area contributed by atoms with E-state index in [4.69, 9.17) is 10.00 Å². The van der Waals surface area contributed by atoms with Gasteiger partial charge in [-0.3, -0.25) is 0 Å². The normalized spacial score (nSPS) is 29.3. The van der Waals surface area contributed by atoms with E-state index in [-0.39, 0.29) is 23.4 Å². The zero-order valence-corrected chi connectivity index (χ0v) is 13.6. The Hall–Kier alpha value is -1.46. The number of rotatable bonds is 3. The first kappa shape index (κ1) is 16.4. The molecule has 1 saturated carbocycles. The maximum atomic E-state index is 13.0. The maximum absolute atomic E-state index is 13.0. The molecule has 3 atom stereocenters. The first-order valence-electron chi connectivity index (χ1n) is 7.82. The van der Waals surface area contributed by atoms with Crippen LogP contribution in [0, 0.1) is 17.2 Å². The number of benzene rings is 1. The fourth-order valence-corrected chi connectivity index (χ4v) is 5.21. The van der Waals surface area contributed by atoms with Crippen molar-refractivity contribution in [1.82, 2.24) is 4.31 Å². The van der Waals surface area contributed by atoms with E-state index in [1.54, 1.807) is 12.1 Å². The van der Waals surface area contributed by atoms with Crippen LogP contribution in [0.15, 0.2) is 29.2 Å². The smallest absolute Gasteiger partial charge is 0.243 e. The van der Waals surface area contributed by atoms with Crippen LogP contribution in [-0.4, -0.2) is 49.7 Å². The quantitative estimate of drug-likeness (QED) is 0.893. The Labute approximate surface area is 136 Å². The summed E-state index contributed by atoms with van der Waals surface area (Å²) < 4.78 is 32.9. The van der Waals surface area contributed by atoms with E-state index < -0.39 is 16.1 Å². The fourth-order valence-electron chi connectivity index (χ4n) is 3.52. The largest absolute Gasteiger partial charge is 0.393 e. The van der Waals surface area contributed by atoms with Crippen molar-refractivity contribution < 1.29 is 18.3 Å². The molecule has 1 aliphatic heterocycles. The lowest BCUT2D eigenvalue weighted by Gasteiger charge is -2.39. The van der Waals surface area contributed by atoms with Gasteiger partial charge in [-0.25, -0.2) is 8.42 Å². The molecule has 2 aliphatic rings. The maximum Gasteiger partial charge on any atom is 0.243 e. The number of nitriles is 1. The number of hydrogen-bond acceptors (Lipinski definition) is 5. The van der Waals surface area contributed by atoms with Gasteiger partial charge in [0.05, 0.1) is 41.9 Å². The molecule has 1 saturated heterocycles. The van der Waals surface area contributed by atoms with Gasteiger partial charge in [0.1, 0.15) is 0 Å². The van der Waals surface area contributed by atoms with Crippen molar-refractivity contribution in [2.24, 2.45) is 5.92 Å². The summed E-state index contributed by atoms with van der Waals surface area (Å²) in [6.45, 7) is 0.919. The monoisotopic (exact) mass is 336 g/mol. The zero-order valence-electron chi connectivity index (χ0n) is 12.8. The highest BCUT2D eigenvalue weighted by Gasteiger charge is 2.42. The van der Waals surface area contributed by atoms with Crippen molar-refractivity contribution in [2.45, 2.75) is 36.3 Å². The Kier molecular flexibility index (Phi) is 4.69. The fraction of sp³-hybridized carbons (Fsp3) is 0.562. The Balaban J connectivity index is 1.94. The van der Waals surface area contributed by atoms with Gasteiger partial charge < -0.3 is 9.84 Å². The van der Waals surface area contributed by atoms with Crippen molar-refractivity contribution in [3.8, 4) is 6.07 Å². The first-order chi connectivity index (χ1) is 11.0. The molecule has 1 aromatic rings. The standard InChI is InChI=1S/C16H20N2O4S/c17-10-12-3-1-4-13(9-12)23(20,21)18-7-8-22-11-15(18)14-5-2-6-16(14)19/h1,3-4,9,14-16,19H,2,5-8,11H2/t14-,15+,16-/m0/s1. The van der Waals surface area contributed by atoms with E-state index in [1.807, 2.05) is 6.07 Å². The molecule has 0 spiro atoms. The molecule has 0 bridgehead atoms. The molecule has 1 aromatic carbocycles. The summed E-state index contributed by atoms with van der Waals surface area (Å²) >= 11 is 0. The minimum Gasteiger partial charge on any atom is -0.393 e. The van der Waals surface area contributed by atoms with Crippen LogP contribution in [0.5, 0.6) is 0 Å². The van der Waals surface area contributed by atoms with Gasteiger partial charge in [-0.1, -0.05) is 12.5 Å². The van der Waals surface area contributed by atoms with Crippen LogP contribution in [0.4, 0.5) is 0 Å². The lowest BCUT2D eigenvalue weighted by atomic mass is 9.96. The highest BCUT2D eigenvalue weighted by molar-refractivity contribution is 7.89. The second-order valence-corrected chi connectivity index (χ2v) is 7.95. The number of sulfonamides is 1. The van der Waals surface area contributed by atoms with Gasteiger partial charge in [-0.15, -0.1) is 0 Å². The van der Waals surface area contributed by atoms with Crippen LogP contribution in [-0.2, 0) is 14.8 Å². The van der Waals surface area contributed by atoms with Gasteiger partial charge in [0.2, 0.25) is 10.0 Å². The molecule has 0 aromatic heterocycles. The molecule has 0 radical (unpaired) electrons. The van der Waals surface area contributed by atoms with Crippen LogP contribution in [0.25, 0.3) is 0 Å². The molecule has 7 heteroatoms. The first-order valence-corrected chi connectivity index (χ1v) is 9.26. The number of morpholine rings is 1. The SMILES string of the molecule is N#Cc1cccc(S(=O)(=O)N2CCOC[C@@H]2[C@@H]2CCC[C@@H]2O)c1. The van der Waals surface area contributed by atoms with Crippen molar-refractivity contribution in [3.05, 3.63) is 29.8 Å². The second kappa shape index (κ2) is 6.57. The summed E-state index contributed by atoms with van der Waals surface area (Å²) in [6.07, 6.45) is 1.93. The molecule has 1 aliphatic carbocycles. The van der Waals surface area contributed by atoms with Crippen LogP contribution in [0.3, 0.4) is 0 Å². The Bertz CT molecular complexity index is 713. The van der Waals surface area contributed by atoms with Gasteiger partial charge in [-0.2, -0.15) is 9.57 Å². The van der Waals surface area contributed by atoms with Crippen molar-refractivity contribution in [3.63, 3.8) is 0 Å². The van der Waals surface area contributed by atoms with E-state index >= 15 is 0 Å². The summed E-state index contributed by atoms with van der Waals surface area (Å²) in [5.74, 6) is -0.0933. The van der Waals surface area contributed by atoms with Gasteiger partial charge in [0, 0.05) is 12.5 Å². The topological polar surface area (TPSA) is 90.6 Å². The Morgan fingerprint density at radius 3 is 2.87 bits per heavy atom. The summed E-state index contributed by atoms with van der Waals surface area (Å²) in [4.78, 5) is 0.121. The molecular formula is C16H20N2O4S. The van der Waals surface area contributed by atoms with Gasteiger partial charge in [0.15, 0.2) is 0 Å². The van der Waals surface area contributed by atoms with Gasteiger partial charge in [0.25, 0.3) is 0 Å². The third kappa shape index (κ3) is 3.12. The molecule has 2 fully saturated rings. The van der Waals surface area contributed by atoms with Crippen LogP contribution >= 0.6 is 0 Å². The molecule has 0 unspecified atom stereocenters. The highest BCUT2D eigenvalue weighted by Crippen LogP contribution is 2.34. The predicted molar refractivity (Wildman–Crippen MR) is 83.0 cm³/mol. The number of aliphatic hydroxyl groups excluding tert-OH is 1. The Morgan fingerprint density at radius 1 is 1.35 bits per heavy atom. The van der Waals surface area contributed by atoms with Crippen molar-refractivity contribution >= 4 is 10.0 Å². The van der Waals surface area contributed by atoms with E-state index in [0.717, 1.165) is 12.8 Å². The predicted octanol–water partition coefficient (Wildman–Crippen LogP) is 1.11. The van der Waals surface area contributed by atoms with Crippen LogP contribution < -0.4 is 0 Å². The summed E-state index contributed by atoms with van der Waals surface area (Å²) in [7, 11) is -3.71. The molecule has 0 amide bonds. The molecule has 1 N–H and O–H groups in total. The van der Waals surface area contributed by atoms with Gasteiger partial charge >= 0.3 is 0 Å². The molecule has 1 heterocycles. The molecule has 3 rings (SSSR count). The number of nitrogens with zero attached hydrogens (tertiary/aromatic N) is 2. The third-order valence-corrected chi connectivity index (χ3v) is 6.63. The highest BCUT2D eigenvalue weighted by atomic mass is 32.2. The lowest BCUT2D eigenvalue weighted by Crippen LogP contribution is -2.53. The number of aliphatic hydroxyl groups is 1. The van der Waals surface area contributed by atoms with Crippen molar-refractivity contribution in [1.29, 1.82) is 5.26 Å². The zero-order chi connectivity index (χ0) is 16.4. The molecule has 6 nitrogen and oxygen atoms in total. The van der Waals surface area contributed by atoms with Crippen molar-refractivity contribution in [2.75, 3.05) is 19.8 Å². The van der Waals surface area contributed by atoms with Crippen LogP contribution in [0.2, 0.25) is 0 Å². The average molecular weight is 336 g/mol. The summed E-state index contributed by atoms with van der Waals surface area (Å²) in [6, 6.07) is 7.68. The summed E-state index contributed by atoms with van der Waals surface area (Å²) in [5.41, 5.74) is 0.316. The Morgan fingerprint density at radius 2 is 2.17 bits per heavy atom. The van der Waals surface area contributed by atoms with Crippen LogP contribution in [0.1, 0.15) is 24.8 Å². The number of ether oxygens (including phenoxy) is 1. The molecule has 124 valence electrons. The summed E-state index contributed by atoms with van der Waals surface area (Å²) in [5, 5.41) is 19.1. The van der Waals surface area contributed by atoms with E-state index in [1.165, 1.54) is 16.4 Å². The molecular weight excluding hydrogens is 316 g/mol. The van der Waals surface area contributed by atoms with E-state index in [9.17, 15) is 13.5 Å². The van der Waals surface area contributed by atoms with Gasteiger partial charge in [-0.05, 0) is 31.0 Å². The average Bonchev–Trinajstić information content (AvgIpc) is 3.01. The van der Waals surface area contributed by atoms with E-state index in [0.29, 0.717) is 25.2 Å². The molecule has 23 heavy (non-hydrogen) atoms. The minimum absolute atomic E-state index is 0.0933. The lowest BCUT2D eigenvalue weighted by molar-refractivity contribution is -0.0148.